The zero-order chi connectivity index (χ0) is 14.8. The van der Waals surface area contributed by atoms with E-state index in [9.17, 15) is 18.4 Å². The summed E-state index contributed by atoms with van der Waals surface area (Å²) in [5.74, 6) is -1.45. The van der Waals surface area contributed by atoms with Crippen LogP contribution in [0.5, 0.6) is 0 Å². The van der Waals surface area contributed by atoms with Crippen LogP contribution in [0.4, 0.5) is 8.78 Å². The first-order chi connectivity index (χ1) is 9.44. The van der Waals surface area contributed by atoms with Crippen molar-refractivity contribution in [2.45, 2.75) is 32.2 Å². The third kappa shape index (κ3) is 2.81. The Kier molecular flexibility index (Phi) is 4.06. The van der Waals surface area contributed by atoms with E-state index < -0.39 is 30.3 Å². The fourth-order valence-electron chi connectivity index (χ4n) is 2.34. The fraction of sp³-hybridized carbons (Fsp3) is 0.538. The van der Waals surface area contributed by atoms with Crippen molar-refractivity contribution in [1.29, 1.82) is 0 Å². The molecule has 2 N–H and O–H groups in total. The molecule has 1 heterocycles. The molecule has 2 rings (SSSR count). The van der Waals surface area contributed by atoms with Crippen LogP contribution in [-0.2, 0) is 11.3 Å². The minimum absolute atomic E-state index is 0.0288. The van der Waals surface area contributed by atoms with E-state index in [0.717, 1.165) is 11.0 Å². The lowest BCUT2D eigenvalue weighted by atomic mass is 9.69. The molecule has 1 aromatic rings. The molecule has 0 aromatic carbocycles. The first-order valence-corrected chi connectivity index (χ1v) is 6.39. The minimum atomic E-state index is -2.55. The van der Waals surface area contributed by atoms with Gasteiger partial charge in [0.05, 0.1) is 12.0 Å². The summed E-state index contributed by atoms with van der Waals surface area (Å²) in [7, 11) is 0. The van der Waals surface area contributed by atoms with Crippen LogP contribution >= 0.6 is 0 Å². The number of nitrogens with one attached hydrogen (secondary N) is 1. The van der Waals surface area contributed by atoms with Gasteiger partial charge in [-0.3, -0.25) is 9.59 Å². The first-order valence-electron chi connectivity index (χ1n) is 6.39. The number of aromatic nitrogens is 1. The molecule has 1 amide bonds. The summed E-state index contributed by atoms with van der Waals surface area (Å²) < 4.78 is 25.9. The van der Waals surface area contributed by atoms with E-state index >= 15 is 0 Å². The number of hydrogen-bond acceptors (Lipinski definition) is 2. The number of halogens is 2. The molecule has 0 bridgehead atoms. The standard InChI is InChI=1S/C13H16F2N2O3/c14-10(15)7-17-6-1-3-9(17)11(18)16-8-13(12(19)20)4-2-5-13/h1,3,6,10H,2,4-5,7-8H2,(H,16,18)(H,19,20). The Balaban J connectivity index is 1.99. The van der Waals surface area contributed by atoms with Gasteiger partial charge in [-0.2, -0.15) is 0 Å². The molecule has 7 heteroatoms. The number of nitrogens with zero attached hydrogens (tertiary/aromatic N) is 1. The van der Waals surface area contributed by atoms with Crippen molar-refractivity contribution in [1.82, 2.24) is 9.88 Å². The number of hydrogen-bond donors (Lipinski definition) is 2. The van der Waals surface area contributed by atoms with E-state index in [4.69, 9.17) is 5.11 Å². The highest BCUT2D eigenvalue weighted by atomic mass is 19.3. The zero-order valence-corrected chi connectivity index (χ0v) is 10.8. The Hall–Kier alpha value is -1.92. The number of carbonyl (C=O) groups excluding carboxylic acids is 1. The van der Waals surface area contributed by atoms with Crippen LogP contribution in [0.3, 0.4) is 0 Å². The number of alkyl halides is 2. The SMILES string of the molecule is O=C(NCC1(C(=O)O)CCC1)c1cccn1CC(F)F. The fourth-order valence-corrected chi connectivity index (χ4v) is 2.34. The second-order valence-electron chi connectivity index (χ2n) is 5.06. The highest BCUT2D eigenvalue weighted by molar-refractivity contribution is 5.93. The van der Waals surface area contributed by atoms with Crippen LogP contribution in [-0.4, -0.2) is 34.5 Å². The molecule has 1 aromatic heterocycles. The number of carbonyl (C=O) groups is 2. The molecule has 5 nitrogen and oxygen atoms in total. The quantitative estimate of drug-likeness (QED) is 0.836. The monoisotopic (exact) mass is 286 g/mol. The zero-order valence-electron chi connectivity index (χ0n) is 10.8. The van der Waals surface area contributed by atoms with Gasteiger partial charge >= 0.3 is 5.97 Å². The molecule has 1 saturated carbocycles. The lowest BCUT2D eigenvalue weighted by Crippen LogP contribution is -2.47. The van der Waals surface area contributed by atoms with E-state index in [-0.39, 0.29) is 12.2 Å². The van der Waals surface area contributed by atoms with E-state index in [1.54, 1.807) is 0 Å². The van der Waals surface area contributed by atoms with Crippen LogP contribution in [0.15, 0.2) is 18.3 Å². The maximum absolute atomic E-state index is 12.4. The predicted octanol–water partition coefficient (Wildman–Crippen LogP) is 1.74. The molecule has 1 aliphatic carbocycles. The number of rotatable bonds is 6. The summed E-state index contributed by atoms with van der Waals surface area (Å²) in [6.45, 7) is -0.527. The van der Waals surface area contributed by atoms with Crippen molar-refractivity contribution in [2.75, 3.05) is 6.54 Å². The van der Waals surface area contributed by atoms with Gasteiger partial charge in [0.1, 0.15) is 5.69 Å². The molecular formula is C13H16F2N2O3. The van der Waals surface area contributed by atoms with Crippen LogP contribution in [0.1, 0.15) is 29.8 Å². The van der Waals surface area contributed by atoms with Gasteiger partial charge in [0.15, 0.2) is 0 Å². The van der Waals surface area contributed by atoms with Gasteiger partial charge < -0.3 is 15.0 Å². The second-order valence-corrected chi connectivity index (χ2v) is 5.06. The van der Waals surface area contributed by atoms with Gasteiger partial charge in [0.25, 0.3) is 12.3 Å². The Bertz CT molecular complexity index is 509. The molecule has 1 fully saturated rings. The van der Waals surface area contributed by atoms with Gasteiger partial charge in [-0.25, -0.2) is 8.78 Å². The summed E-state index contributed by atoms with van der Waals surface area (Å²) in [5, 5.41) is 11.7. The third-order valence-electron chi connectivity index (χ3n) is 3.75. The van der Waals surface area contributed by atoms with Crippen molar-refractivity contribution in [2.24, 2.45) is 5.41 Å². The van der Waals surface area contributed by atoms with Crippen LogP contribution < -0.4 is 5.32 Å². The normalized spacial score (nSPS) is 16.8. The maximum Gasteiger partial charge on any atom is 0.311 e. The topological polar surface area (TPSA) is 71.3 Å². The Morgan fingerprint density at radius 2 is 2.15 bits per heavy atom. The lowest BCUT2D eigenvalue weighted by Gasteiger charge is -2.37. The van der Waals surface area contributed by atoms with Crippen molar-refractivity contribution in [3.8, 4) is 0 Å². The number of aliphatic carboxylic acids is 1. The first kappa shape index (κ1) is 14.5. The average Bonchev–Trinajstić information content (AvgIpc) is 2.74. The Labute approximate surface area is 114 Å². The van der Waals surface area contributed by atoms with Crippen LogP contribution in [0.25, 0.3) is 0 Å². The molecular weight excluding hydrogens is 270 g/mol. The van der Waals surface area contributed by atoms with Gasteiger partial charge in [-0.1, -0.05) is 6.42 Å². The highest BCUT2D eigenvalue weighted by Crippen LogP contribution is 2.40. The van der Waals surface area contributed by atoms with E-state index in [1.165, 1.54) is 18.3 Å². The predicted molar refractivity (Wildman–Crippen MR) is 66.7 cm³/mol. The van der Waals surface area contributed by atoms with Gasteiger partial charge in [-0.15, -0.1) is 0 Å². The summed E-state index contributed by atoms with van der Waals surface area (Å²) in [6.07, 6.45) is 0.730. The highest BCUT2D eigenvalue weighted by Gasteiger charge is 2.44. The van der Waals surface area contributed by atoms with Gasteiger partial charge in [0, 0.05) is 12.7 Å². The Morgan fingerprint density at radius 3 is 2.65 bits per heavy atom. The molecule has 0 saturated heterocycles. The Morgan fingerprint density at radius 1 is 1.45 bits per heavy atom. The van der Waals surface area contributed by atoms with Gasteiger partial charge in [-0.05, 0) is 25.0 Å². The summed E-state index contributed by atoms with van der Waals surface area (Å²) in [5.41, 5.74) is -0.777. The van der Waals surface area contributed by atoms with Crippen LogP contribution in [0.2, 0.25) is 0 Å². The molecule has 0 atom stereocenters. The molecule has 0 aliphatic heterocycles. The van der Waals surface area contributed by atoms with Gasteiger partial charge in [0.2, 0.25) is 0 Å². The van der Waals surface area contributed by atoms with Crippen molar-refractivity contribution in [3.05, 3.63) is 24.0 Å². The molecule has 110 valence electrons. The van der Waals surface area contributed by atoms with Crippen molar-refractivity contribution >= 4 is 11.9 Å². The van der Waals surface area contributed by atoms with E-state index in [0.29, 0.717) is 12.8 Å². The van der Waals surface area contributed by atoms with Crippen molar-refractivity contribution in [3.63, 3.8) is 0 Å². The van der Waals surface area contributed by atoms with Crippen LogP contribution in [0, 0.1) is 5.41 Å². The molecule has 0 spiro atoms. The average molecular weight is 286 g/mol. The van der Waals surface area contributed by atoms with E-state index in [2.05, 4.69) is 5.32 Å². The summed E-state index contributed by atoms with van der Waals surface area (Å²) in [4.78, 5) is 23.1. The molecule has 1 aliphatic rings. The van der Waals surface area contributed by atoms with Crippen molar-refractivity contribution < 1.29 is 23.5 Å². The second kappa shape index (κ2) is 5.60. The molecule has 0 unspecified atom stereocenters. The van der Waals surface area contributed by atoms with E-state index in [1.807, 2.05) is 0 Å². The number of amides is 1. The molecule has 0 radical (unpaired) electrons. The number of carboxylic acids is 1. The smallest absolute Gasteiger partial charge is 0.311 e. The lowest BCUT2D eigenvalue weighted by molar-refractivity contribution is -0.153. The number of carboxylic acid groups (broad SMARTS) is 1. The largest absolute Gasteiger partial charge is 0.481 e. The summed E-state index contributed by atoms with van der Waals surface area (Å²) >= 11 is 0. The molecule has 20 heavy (non-hydrogen) atoms. The summed E-state index contributed by atoms with van der Waals surface area (Å²) in [6, 6.07) is 2.94. The maximum atomic E-state index is 12.4. The minimum Gasteiger partial charge on any atom is -0.481 e. The third-order valence-corrected chi connectivity index (χ3v) is 3.75.